The van der Waals surface area contributed by atoms with Gasteiger partial charge in [0, 0.05) is 68.4 Å². The minimum absolute atomic E-state index is 0.106. The molecule has 3 amide bonds. The topological polar surface area (TPSA) is 128 Å². The van der Waals surface area contributed by atoms with Crippen LogP contribution in [0.5, 0.6) is 23.0 Å². The van der Waals surface area contributed by atoms with Gasteiger partial charge in [0.05, 0.1) is 33.5 Å². The van der Waals surface area contributed by atoms with Crippen molar-refractivity contribution in [3.05, 3.63) is 77.4 Å². The number of benzene rings is 3. The number of aryl methyl sites for hydroxylation is 1. The van der Waals surface area contributed by atoms with Crippen LogP contribution < -0.4 is 34.5 Å². The Morgan fingerprint density at radius 2 is 1.67 bits per heavy atom. The van der Waals surface area contributed by atoms with Gasteiger partial charge in [-0.05, 0) is 60.5 Å². The van der Waals surface area contributed by atoms with Crippen LogP contribution in [0.25, 0.3) is 0 Å². The molecule has 48 heavy (non-hydrogen) atoms. The van der Waals surface area contributed by atoms with E-state index in [2.05, 4.69) is 15.5 Å². The van der Waals surface area contributed by atoms with E-state index in [9.17, 15) is 14.4 Å². The molecule has 4 heterocycles. The Bertz CT molecular complexity index is 1610. The van der Waals surface area contributed by atoms with Gasteiger partial charge in [-0.3, -0.25) is 14.4 Å². The fourth-order valence-corrected chi connectivity index (χ4v) is 6.25. The van der Waals surface area contributed by atoms with E-state index in [1.165, 1.54) is 7.11 Å². The molecular weight excluding hydrogens is 616 g/mol. The van der Waals surface area contributed by atoms with Crippen LogP contribution >= 0.6 is 0 Å². The number of carbonyl (C=O) groups excluding carboxylic acids is 3. The molecule has 2 atom stereocenters. The molecule has 2 fully saturated rings. The third-order valence-electron chi connectivity index (χ3n) is 8.92. The SMILES string of the molecule is COc1cc2ccc1CNC(=O)CCc1ccc(OC)c(c1)OCC(=O)N[C@@H]1CN(C(=O)c3ccc(N4CCOCC4)cc3)CC[C@@H]1O2. The summed E-state index contributed by atoms with van der Waals surface area (Å²) in [6.07, 6.45) is 0.800. The van der Waals surface area contributed by atoms with Crippen molar-refractivity contribution in [2.45, 2.75) is 38.0 Å². The number of ether oxygens (including phenoxy) is 5. The zero-order chi connectivity index (χ0) is 33.5. The van der Waals surface area contributed by atoms with E-state index in [4.69, 9.17) is 23.7 Å². The Labute approximate surface area is 280 Å². The van der Waals surface area contributed by atoms with Gasteiger partial charge >= 0.3 is 0 Å². The van der Waals surface area contributed by atoms with Crippen LogP contribution in [0, 0.1) is 0 Å². The molecule has 3 aromatic carbocycles. The lowest BCUT2D eigenvalue weighted by Crippen LogP contribution is -2.58. The molecule has 0 aliphatic carbocycles. The summed E-state index contributed by atoms with van der Waals surface area (Å²) >= 11 is 0. The van der Waals surface area contributed by atoms with Gasteiger partial charge in [-0.15, -0.1) is 0 Å². The van der Waals surface area contributed by atoms with E-state index in [0.29, 0.717) is 67.7 Å². The first-order valence-corrected chi connectivity index (χ1v) is 16.3. The van der Waals surface area contributed by atoms with Crippen molar-refractivity contribution in [3.8, 4) is 23.0 Å². The Morgan fingerprint density at radius 1 is 0.875 bits per heavy atom. The Hall–Kier alpha value is -4.97. The molecule has 2 N–H and O–H groups in total. The van der Waals surface area contributed by atoms with Gasteiger partial charge in [0.15, 0.2) is 18.1 Å². The van der Waals surface area contributed by atoms with E-state index < -0.39 is 12.1 Å². The van der Waals surface area contributed by atoms with Crippen LogP contribution in [-0.4, -0.2) is 95.0 Å². The largest absolute Gasteiger partial charge is 0.496 e. The number of piperidine rings is 1. The average Bonchev–Trinajstić information content (AvgIpc) is 3.13. The summed E-state index contributed by atoms with van der Waals surface area (Å²) in [6, 6.07) is 18.0. The quantitative estimate of drug-likeness (QED) is 0.435. The van der Waals surface area contributed by atoms with Gasteiger partial charge in [-0.25, -0.2) is 0 Å². The van der Waals surface area contributed by atoms with Gasteiger partial charge in [0.1, 0.15) is 17.6 Å². The molecular formula is C36H42N4O8. The van der Waals surface area contributed by atoms with Crippen LogP contribution in [-0.2, 0) is 27.3 Å². The highest BCUT2D eigenvalue weighted by molar-refractivity contribution is 5.94. The van der Waals surface area contributed by atoms with Gasteiger partial charge in [0.2, 0.25) is 5.91 Å². The number of hydrogen-bond donors (Lipinski definition) is 2. The third kappa shape index (κ3) is 7.93. The zero-order valence-electron chi connectivity index (χ0n) is 27.4. The second kappa shape index (κ2) is 15.3. The summed E-state index contributed by atoms with van der Waals surface area (Å²) in [4.78, 5) is 43.7. The Balaban J connectivity index is 1.22. The number of likely N-dealkylation sites (tertiary alicyclic amines) is 1. The van der Waals surface area contributed by atoms with Crippen LogP contribution in [0.2, 0.25) is 0 Å². The predicted octanol–water partition coefficient (Wildman–Crippen LogP) is 2.96. The first-order chi connectivity index (χ1) is 23.4. The number of carbonyl (C=O) groups is 3. The number of nitrogens with one attached hydrogen (secondary N) is 2. The Kier molecular flexibility index (Phi) is 10.5. The fourth-order valence-electron chi connectivity index (χ4n) is 6.25. The molecule has 4 aliphatic heterocycles. The number of fused-ring (bicyclic) bond motifs is 9. The molecule has 12 heteroatoms. The maximum Gasteiger partial charge on any atom is 0.258 e. The highest BCUT2D eigenvalue weighted by Crippen LogP contribution is 2.30. The van der Waals surface area contributed by atoms with Crippen LogP contribution in [0.3, 0.4) is 0 Å². The molecule has 0 radical (unpaired) electrons. The maximum absolute atomic E-state index is 13.7. The summed E-state index contributed by atoms with van der Waals surface area (Å²) < 4.78 is 28.9. The fraction of sp³-hybridized carbons (Fsp3) is 0.417. The number of amides is 3. The molecule has 2 saturated heterocycles. The van der Waals surface area contributed by atoms with Crippen LogP contribution in [0.1, 0.15) is 34.3 Å². The monoisotopic (exact) mass is 658 g/mol. The van der Waals surface area contributed by atoms with E-state index in [0.717, 1.165) is 29.9 Å². The van der Waals surface area contributed by atoms with E-state index >= 15 is 0 Å². The standard InChI is InChI=1S/C36H42N4O8/c1-44-31-11-3-24-4-12-34(41)37-21-26-7-10-28(20-32(26)45-2)48-30-13-14-40(22-29(30)38-35(42)23-47-33(31)19-24)36(43)25-5-8-27(9-6-25)39-15-17-46-18-16-39/h3,5-11,19-20,29-30H,4,12-18,21-23H2,1-2H3,(H,37,41)(H,38,42)/t29-,30+/m1/s1. The molecule has 0 saturated carbocycles. The highest BCUT2D eigenvalue weighted by Gasteiger charge is 2.35. The molecule has 254 valence electrons. The molecule has 7 rings (SSSR count). The van der Waals surface area contributed by atoms with Crippen molar-refractivity contribution in [1.82, 2.24) is 15.5 Å². The second-order valence-corrected chi connectivity index (χ2v) is 12.0. The van der Waals surface area contributed by atoms with Gasteiger partial charge in [-0.1, -0.05) is 6.07 Å². The Morgan fingerprint density at radius 3 is 2.44 bits per heavy atom. The van der Waals surface area contributed by atoms with Crippen LogP contribution in [0.4, 0.5) is 5.69 Å². The first kappa shape index (κ1) is 33.0. The molecule has 4 bridgehead atoms. The number of hydrogen-bond acceptors (Lipinski definition) is 9. The summed E-state index contributed by atoms with van der Waals surface area (Å²) in [5, 5.41) is 6.03. The van der Waals surface area contributed by atoms with Crippen molar-refractivity contribution in [1.29, 1.82) is 0 Å². The lowest BCUT2D eigenvalue weighted by Gasteiger charge is -2.39. The molecule has 4 aliphatic rings. The van der Waals surface area contributed by atoms with Gasteiger partial charge < -0.3 is 44.1 Å². The number of morpholine rings is 1. The molecule has 0 spiro atoms. The minimum atomic E-state index is -0.522. The number of nitrogens with zero attached hydrogens (tertiary/aromatic N) is 2. The van der Waals surface area contributed by atoms with Crippen molar-refractivity contribution in [2.24, 2.45) is 0 Å². The molecule has 0 unspecified atom stereocenters. The number of rotatable bonds is 4. The maximum atomic E-state index is 13.7. The van der Waals surface area contributed by atoms with Gasteiger partial charge in [-0.2, -0.15) is 0 Å². The van der Waals surface area contributed by atoms with Crippen molar-refractivity contribution in [3.63, 3.8) is 0 Å². The van der Waals surface area contributed by atoms with E-state index in [1.54, 1.807) is 30.2 Å². The highest BCUT2D eigenvalue weighted by atomic mass is 16.5. The number of methoxy groups -OCH3 is 2. The summed E-state index contributed by atoms with van der Waals surface area (Å²) in [5.74, 6) is 1.43. The molecule has 3 aromatic rings. The molecule has 12 nitrogen and oxygen atoms in total. The lowest BCUT2D eigenvalue weighted by atomic mass is 10.00. The van der Waals surface area contributed by atoms with Crippen molar-refractivity contribution in [2.75, 3.05) is 65.1 Å². The average molecular weight is 659 g/mol. The third-order valence-corrected chi connectivity index (χ3v) is 8.92. The zero-order valence-corrected chi connectivity index (χ0v) is 27.4. The number of anilines is 1. The lowest BCUT2D eigenvalue weighted by molar-refractivity contribution is -0.125. The van der Waals surface area contributed by atoms with Gasteiger partial charge in [0.25, 0.3) is 11.8 Å². The smallest absolute Gasteiger partial charge is 0.258 e. The van der Waals surface area contributed by atoms with Crippen LogP contribution in [0.15, 0.2) is 60.7 Å². The van der Waals surface area contributed by atoms with E-state index in [-0.39, 0.29) is 37.3 Å². The second-order valence-electron chi connectivity index (χ2n) is 12.0. The minimum Gasteiger partial charge on any atom is -0.496 e. The van der Waals surface area contributed by atoms with Crippen molar-refractivity contribution >= 4 is 23.4 Å². The predicted molar refractivity (Wildman–Crippen MR) is 178 cm³/mol. The first-order valence-electron chi connectivity index (χ1n) is 16.3. The summed E-state index contributed by atoms with van der Waals surface area (Å²) in [6.45, 7) is 3.72. The van der Waals surface area contributed by atoms with E-state index in [1.807, 2.05) is 42.5 Å². The summed E-state index contributed by atoms with van der Waals surface area (Å²) in [5.41, 5.74) is 3.31. The van der Waals surface area contributed by atoms with Crippen molar-refractivity contribution < 1.29 is 38.1 Å². The normalized spacial score (nSPS) is 20.5. The molecule has 0 aromatic heterocycles. The summed E-state index contributed by atoms with van der Waals surface area (Å²) in [7, 11) is 3.10.